The second-order valence-corrected chi connectivity index (χ2v) is 7.87. The van der Waals surface area contributed by atoms with E-state index in [0.717, 1.165) is 33.5 Å². The molecular formula is C18H21N3O2S. The van der Waals surface area contributed by atoms with Crippen molar-refractivity contribution in [3.63, 3.8) is 0 Å². The number of fused-ring (bicyclic) bond motifs is 1. The third-order valence-electron chi connectivity index (χ3n) is 4.26. The summed E-state index contributed by atoms with van der Waals surface area (Å²) in [7, 11) is -1.57. The van der Waals surface area contributed by atoms with Gasteiger partial charge in [-0.15, -0.1) is 0 Å². The van der Waals surface area contributed by atoms with Crippen LogP contribution in [0.25, 0.3) is 11.0 Å². The zero-order chi connectivity index (χ0) is 17.5. The van der Waals surface area contributed by atoms with Gasteiger partial charge in [-0.2, -0.15) is 0 Å². The molecule has 0 aliphatic heterocycles. The molecule has 0 fully saturated rings. The molecule has 6 heteroatoms. The summed E-state index contributed by atoms with van der Waals surface area (Å²) in [6.45, 7) is 5.94. The highest BCUT2D eigenvalue weighted by Crippen LogP contribution is 2.19. The molecule has 0 unspecified atom stereocenters. The maximum Gasteiger partial charge on any atom is 0.241 e. The minimum absolute atomic E-state index is 0.237. The molecule has 126 valence electrons. The number of hydrogen-bond donors (Lipinski definition) is 1. The van der Waals surface area contributed by atoms with Crippen LogP contribution < -0.4 is 4.72 Å². The molecule has 0 bridgehead atoms. The summed E-state index contributed by atoms with van der Waals surface area (Å²) in [6, 6.07) is 11.1. The first-order valence-electron chi connectivity index (χ1n) is 7.77. The normalized spacial score (nSPS) is 12.0. The number of hydrogen-bond acceptors (Lipinski definition) is 3. The topological polar surface area (TPSA) is 64.0 Å². The van der Waals surface area contributed by atoms with Crippen molar-refractivity contribution in [1.82, 2.24) is 14.3 Å². The van der Waals surface area contributed by atoms with Crippen LogP contribution in [0.1, 0.15) is 22.5 Å². The lowest BCUT2D eigenvalue weighted by molar-refractivity contribution is 0.580. The Morgan fingerprint density at radius 3 is 2.54 bits per heavy atom. The third-order valence-corrected chi connectivity index (χ3v) is 5.82. The molecule has 5 nitrogen and oxygen atoms in total. The molecule has 1 N–H and O–H groups in total. The SMILES string of the molecule is Cc1ccc(S(=O)(=O)NCc2ccc3c(c2)nc(C)n3C)c(C)c1. The third kappa shape index (κ3) is 3.07. The quantitative estimate of drug-likeness (QED) is 0.792. The van der Waals surface area contributed by atoms with Gasteiger partial charge in [-0.3, -0.25) is 0 Å². The lowest BCUT2D eigenvalue weighted by Crippen LogP contribution is -2.24. The Hall–Kier alpha value is -2.18. The van der Waals surface area contributed by atoms with E-state index >= 15 is 0 Å². The predicted octanol–water partition coefficient (Wildman–Crippen LogP) is 2.98. The number of sulfonamides is 1. The highest BCUT2D eigenvalue weighted by atomic mass is 32.2. The first-order chi connectivity index (χ1) is 11.3. The van der Waals surface area contributed by atoms with Crippen molar-refractivity contribution in [2.75, 3.05) is 0 Å². The van der Waals surface area contributed by atoms with E-state index in [0.29, 0.717) is 4.90 Å². The predicted molar refractivity (Wildman–Crippen MR) is 95.4 cm³/mol. The molecule has 0 radical (unpaired) electrons. The van der Waals surface area contributed by atoms with Crippen molar-refractivity contribution in [2.24, 2.45) is 7.05 Å². The van der Waals surface area contributed by atoms with Gasteiger partial charge in [-0.1, -0.05) is 23.8 Å². The smallest absolute Gasteiger partial charge is 0.241 e. The van der Waals surface area contributed by atoms with Crippen molar-refractivity contribution in [2.45, 2.75) is 32.2 Å². The number of nitrogens with zero attached hydrogens (tertiary/aromatic N) is 2. The summed E-state index contributed by atoms with van der Waals surface area (Å²) < 4.78 is 29.7. The highest BCUT2D eigenvalue weighted by Gasteiger charge is 2.16. The number of rotatable bonds is 4. The van der Waals surface area contributed by atoms with E-state index in [1.165, 1.54) is 0 Å². The van der Waals surface area contributed by atoms with Crippen LogP contribution in [0.15, 0.2) is 41.3 Å². The van der Waals surface area contributed by atoms with Gasteiger partial charge in [-0.05, 0) is 50.1 Å². The van der Waals surface area contributed by atoms with Gasteiger partial charge in [0, 0.05) is 13.6 Å². The van der Waals surface area contributed by atoms with Gasteiger partial charge >= 0.3 is 0 Å². The van der Waals surface area contributed by atoms with E-state index < -0.39 is 10.0 Å². The monoisotopic (exact) mass is 343 g/mol. The van der Waals surface area contributed by atoms with Crippen molar-refractivity contribution < 1.29 is 8.42 Å². The molecule has 3 rings (SSSR count). The number of imidazole rings is 1. The summed E-state index contributed by atoms with van der Waals surface area (Å²) in [5, 5.41) is 0. The minimum atomic E-state index is -3.54. The number of aromatic nitrogens is 2. The van der Waals surface area contributed by atoms with Crippen LogP contribution in [0.2, 0.25) is 0 Å². The van der Waals surface area contributed by atoms with Gasteiger partial charge in [0.15, 0.2) is 0 Å². The van der Waals surface area contributed by atoms with E-state index in [4.69, 9.17) is 0 Å². The van der Waals surface area contributed by atoms with Crippen LogP contribution in [0.3, 0.4) is 0 Å². The highest BCUT2D eigenvalue weighted by molar-refractivity contribution is 7.89. The van der Waals surface area contributed by atoms with Crippen molar-refractivity contribution in [1.29, 1.82) is 0 Å². The van der Waals surface area contributed by atoms with Gasteiger partial charge in [0.1, 0.15) is 5.82 Å². The summed E-state index contributed by atoms with van der Waals surface area (Å²) in [6.07, 6.45) is 0. The van der Waals surface area contributed by atoms with E-state index in [2.05, 4.69) is 9.71 Å². The molecule has 0 aliphatic rings. The Labute approximate surface area is 142 Å². The van der Waals surface area contributed by atoms with Crippen LogP contribution in [0.4, 0.5) is 0 Å². The maximum absolute atomic E-state index is 12.5. The lowest BCUT2D eigenvalue weighted by atomic mass is 10.2. The molecule has 0 saturated carbocycles. The lowest BCUT2D eigenvalue weighted by Gasteiger charge is -2.10. The van der Waals surface area contributed by atoms with Gasteiger partial charge in [0.05, 0.1) is 15.9 Å². The average molecular weight is 343 g/mol. The minimum Gasteiger partial charge on any atom is -0.331 e. The molecule has 0 amide bonds. The Morgan fingerprint density at radius 2 is 1.83 bits per heavy atom. The van der Waals surface area contributed by atoms with Crippen LogP contribution >= 0.6 is 0 Å². The van der Waals surface area contributed by atoms with Crippen LogP contribution in [0, 0.1) is 20.8 Å². The van der Waals surface area contributed by atoms with Crippen molar-refractivity contribution in [3.8, 4) is 0 Å². The Morgan fingerprint density at radius 1 is 1.08 bits per heavy atom. The molecule has 24 heavy (non-hydrogen) atoms. The summed E-state index contributed by atoms with van der Waals surface area (Å²) in [4.78, 5) is 4.81. The fourth-order valence-electron chi connectivity index (χ4n) is 2.83. The van der Waals surface area contributed by atoms with Crippen molar-refractivity contribution >= 4 is 21.1 Å². The van der Waals surface area contributed by atoms with Gasteiger partial charge in [0.2, 0.25) is 10.0 Å². The van der Waals surface area contributed by atoms with Crippen molar-refractivity contribution in [3.05, 3.63) is 58.9 Å². The number of benzene rings is 2. The molecule has 0 aliphatic carbocycles. The summed E-state index contributed by atoms with van der Waals surface area (Å²) in [5.41, 5.74) is 4.58. The zero-order valence-corrected chi connectivity index (χ0v) is 15.1. The molecular weight excluding hydrogens is 322 g/mol. The Bertz CT molecular complexity index is 1020. The molecule has 1 aromatic heterocycles. The molecule has 0 atom stereocenters. The fourth-order valence-corrected chi connectivity index (χ4v) is 4.07. The van der Waals surface area contributed by atoms with Gasteiger partial charge in [0.25, 0.3) is 0 Å². The second kappa shape index (κ2) is 6.03. The zero-order valence-electron chi connectivity index (χ0n) is 14.3. The van der Waals surface area contributed by atoms with Gasteiger partial charge < -0.3 is 4.57 Å². The first-order valence-corrected chi connectivity index (χ1v) is 9.25. The van der Waals surface area contributed by atoms with E-state index in [1.807, 2.05) is 62.7 Å². The van der Waals surface area contributed by atoms with Crippen LogP contribution in [-0.2, 0) is 23.6 Å². The Kier molecular flexibility index (Phi) is 4.19. The molecule has 0 saturated heterocycles. The summed E-state index contributed by atoms with van der Waals surface area (Å²) in [5.74, 6) is 0.929. The molecule has 0 spiro atoms. The van der Waals surface area contributed by atoms with E-state index in [9.17, 15) is 8.42 Å². The molecule has 1 heterocycles. The van der Waals surface area contributed by atoms with E-state index in [-0.39, 0.29) is 6.54 Å². The first kappa shape index (κ1) is 16.7. The summed E-state index contributed by atoms with van der Waals surface area (Å²) >= 11 is 0. The van der Waals surface area contributed by atoms with Crippen LogP contribution in [-0.4, -0.2) is 18.0 Å². The maximum atomic E-state index is 12.5. The second-order valence-electron chi connectivity index (χ2n) is 6.13. The number of nitrogens with one attached hydrogen (secondary N) is 1. The molecule has 2 aromatic carbocycles. The van der Waals surface area contributed by atoms with Gasteiger partial charge in [-0.25, -0.2) is 18.1 Å². The largest absolute Gasteiger partial charge is 0.331 e. The van der Waals surface area contributed by atoms with E-state index in [1.54, 1.807) is 6.07 Å². The average Bonchev–Trinajstić information content (AvgIpc) is 2.79. The standard InChI is InChI=1S/C18H21N3O2S/c1-12-5-8-18(13(2)9-12)24(22,23)19-11-15-6-7-17-16(10-15)20-14(3)21(17)4/h5-10,19H,11H2,1-4H3. The number of aryl methyl sites for hydroxylation is 4. The fraction of sp³-hybridized carbons (Fsp3) is 0.278. The van der Waals surface area contributed by atoms with Crippen LogP contribution in [0.5, 0.6) is 0 Å². The molecule has 3 aromatic rings. The Balaban J connectivity index is 1.84.